The van der Waals surface area contributed by atoms with Crippen molar-refractivity contribution in [2.45, 2.75) is 6.61 Å². The average Bonchev–Trinajstić information content (AvgIpc) is 2.46. The van der Waals surface area contributed by atoms with Crippen LogP contribution in [-0.2, 0) is 6.61 Å². The van der Waals surface area contributed by atoms with Crippen LogP contribution in [-0.4, -0.2) is 12.4 Å². The van der Waals surface area contributed by atoms with Crippen LogP contribution >= 0.6 is 23.2 Å². The average molecular weight is 329 g/mol. The van der Waals surface area contributed by atoms with E-state index in [1.165, 1.54) is 37.4 Å². The molecule has 0 aliphatic rings. The summed E-state index contributed by atoms with van der Waals surface area (Å²) in [5, 5.41) is -0.333. The highest BCUT2D eigenvalue weighted by molar-refractivity contribution is 6.67. The number of hydrogen-bond donors (Lipinski definition) is 0. The molecule has 0 fully saturated rings. The Morgan fingerprint density at radius 3 is 2.57 bits per heavy atom. The number of hydrogen-bond acceptors (Lipinski definition) is 3. The van der Waals surface area contributed by atoms with Gasteiger partial charge in [0.05, 0.1) is 12.1 Å². The van der Waals surface area contributed by atoms with Crippen LogP contribution in [0, 0.1) is 5.82 Å². The van der Waals surface area contributed by atoms with Gasteiger partial charge in [-0.2, -0.15) is 0 Å². The third kappa shape index (κ3) is 3.86. The summed E-state index contributed by atoms with van der Waals surface area (Å²) in [5.41, 5.74) is 0.903. The molecule has 21 heavy (non-hydrogen) atoms. The number of carbonyl (C=O) groups is 1. The van der Waals surface area contributed by atoms with E-state index in [1.54, 1.807) is 6.07 Å². The van der Waals surface area contributed by atoms with E-state index in [0.717, 1.165) is 0 Å². The van der Waals surface area contributed by atoms with Gasteiger partial charge in [-0.05, 0) is 41.9 Å². The summed E-state index contributed by atoms with van der Waals surface area (Å²) in [6.45, 7) is 0.107. The molecular weight excluding hydrogens is 318 g/mol. The standard InChI is InChI=1S/C15H11Cl2FO3/c1-20-13-5-3-9(15(17)19)6-14(13)21-8-10-2-4-11(18)7-12(10)16/h2-7H,8H2,1H3. The summed E-state index contributed by atoms with van der Waals surface area (Å²) in [6.07, 6.45) is 0. The Labute approximate surface area is 131 Å². The first kappa shape index (κ1) is 15.6. The van der Waals surface area contributed by atoms with E-state index in [4.69, 9.17) is 32.7 Å². The molecule has 0 aromatic heterocycles. The fraction of sp³-hybridized carbons (Fsp3) is 0.133. The lowest BCUT2D eigenvalue weighted by molar-refractivity contribution is 0.108. The molecule has 0 spiro atoms. The second kappa shape index (κ2) is 6.78. The zero-order valence-electron chi connectivity index (χ0n) is 11.0. The number of carbonyl (C=O) groups excluding carboxylic acids is 1. The second-order valence-electron chi connectivity index (χ2n) is 4.16. The smallest absolute Gasteiger partial charge is 0.252 e. The van der Waals surface area contributed by atoms with Gasteiger partial charge in [-0.1, -0.05) is 17.7 Å². The molecule has 0 heterocycles. The summed E-state index contributed by atoms with van der Waals surface area (Å²) in [6, 6.07) is 8.62. The van der Waals surface area contributed by atoms with Crippen LogP contribution < -0.4 is 9.47 Å². The minimum atomic E-state index is -0.595. The normalized spacial score (nSPS) is 10.3. The molecule has 0 saturated heterocycles. The lowest BCUT2D eigenvalue weighted by Gasteiger charge is -2.12. The van der Waals surface area contributed by atoms with E-state index in [-0.39, 0.29) is 17.2 Å². The van der Waals surface area contributed by atoms with E-state index < -0.39 is 11.1 Å². The molecule has 0 amide bonds. The topological polar surface area (TPSA) is 35.5 Å². The molecule has 3 nitrogen and oxygen atoms in total. The van der Waals surface area contributed by atoms with E-state index >= 15 is 0 Å². The molecule has 0 saturated carbocycles. The Morgan fingerprint density at radius 2 is 1.95 bits per heavy atom. The first-order valence-electron chi connectivity index (χ1n) is 5.96. The maximum atomic E-state index is 13.0. The van der Waals surface area contributed by atoms with E-state index in [9.17, 15) is 9.18 Å². The highest BCUT2D eigenvalue weighted by Crippen LogP contribution is 2.30. The molecule has 0 bridgehead atoms. The summed E-state index contributed by atoms with van der Waals surface area (Å²) >= 11 is 11.4. The fourth-order valence-electron chi connectivity index (χ4n) is 1.71. The van der Waals surface area contributed by atoms with Gasteiger partial charge in [0.15, 0.2) is 11.5 Å². The van der Waals surface area contributed by atoms with Crippen molar-refractivity contribution in [3.63, 3.8) is 0 Å². The molecule has 0 unspecified atom stereocenters. The summed E-state index contributed by atoms with van der Waals surface area (Å²) < 4.78 is 23.7. The van der Waals surface area contributed by atoms with Crippen LogP contribution in [0.1, 0.15) is 15.9 Å². The zero-order chi connectivity index (χ0) is 15.4. The lowest BCUT2D eigenvalue weighted by Crippen LogP contribution is -2.00. The summed E-state index contributed by atoms with van der Waals surface area (Å²) in [4.78, 5) is 11.2. The molecule has 0 aliphatic heterocycles. The largest absolute Gasteiger partial charge is 0.493 e. The maximum absolute atomic E-state index is 13.0. The first-order valence-corrected chi connectivity index (χ1v) is 6.71. The van der Waals surface area contributed by atoms with Gasteiger partial charge in [-0.25, -0.2) is 4.39 Å². The van der Waals surface area contributed by atoms with Gasteiger partial charge in [0.25, 0.3) is 5.24 Å². The Morgan fingerprint density at radius 1 is 1.19 bits per heavy atom. The molecule has 0 radical (unpaired) electrons. The second-order valence-corrected chi connectivity index (χ2v) is 4.91. The van der Waals surface area contributed by atoms with Crippen molar-refractivity contribution in [3.8, 4) is 11.5 Å². The Bertz CT molecular complexity index is 674. The van der Waals surface area contributed by atoms with Crippen molar-refractivity contribution < 1.29 is 18.7 Å². The number of halogens is 3. The maximum Gasteiger partial charge on any atom is 0.252 e. The molecule has 2 aromatic rings. The van der Waals surface area contributed by atoms with Crippen LogP contribution in [0.5, 0.6) is 11.5 Å². The van der Waals surface area contributed by atoms with Crippen molar-refractivity contribution in [1.82, 2.24) is 0 Å². The minimum Gasteiger partial charge on any atom is -0.493 e. The van der Waals surface area contributed by atoms with Crippen LogP contribution in [0.15, 0.2) is 36.4 Å². The predicted octanol–water partition coefficient (Wildman–Crippen LogP) is 4.45. The van der Waals surface area contributed by atoms with Gasteiger partial charge in [0.2, 0.25) is 0 Å². The lowest BCUT2D eigenvalue weighted by atomic mass is 10.2. The van der Waals surface area contributed by atoms with Gasteiger partial charge in [-0.3, -0.25) is 4.79 Å². The Kier molecular flexibility index (Phi) is 5.04. The van der Waals surface area contributed by atoms with Crippen LogP contribution in [0.2, 0.25) is 5.02 Å². The van der Waals surface area contributed by atoms with Crippen molar-refractivity contribution in [1.29, 1.82) is 0 Å². The Balaban J connectivity index is 2.22. The molecular formula is C15H11Cl2FO3. The monoisotopic (exact) mass is 328 g/mol. The van der Waals surface area contributed by atoms with Gasteiger partial charge >= 0.3 is 0 Å². The van der Waals surface area contributed by atoms with Gasteiger partial charge in [-0.15, -0.1) is 0 Å². The van der Waals surface area contributed by atoms with E-state index in [1.807, 2.05) is 0 Å². The van der Waals surface area contributed by atoms with Gasteiger partial charge < -0.3 is 9.47 Å². The quantitative estimate of drug-likeness (QED) is 0.761. The van der Waals surface area contributed by atoms with E-state index in [2.05, 4.69) is 0 Å². The highest BCUT2D eigenvalue weighted by atomic mass is 35.5. The molecule has 0 atom stereocenters. The van der Waals surface area contributed by atoms with Crippen molar-refractivity contribution in [3.05, 3.63) is 58.4 Å². The predicted molar refractivity (Wildman–Crippen MR) is 78.9 cm³/mol. The molecule has 6 heteroatoms. The number of benzene rings is 2. The summed E-state index contributed by atoms with van der Waals surface area (Å²) in [5.74, 6) is 0.385. The van der Waals surface area contributed by atoms with Crippen LogP contribution in [0.4, 0.5) is 4.39 Å². The third-order valence-corrected chi connectivity index (χ3v) is 3.36. The molecule has 2 aromatic carbocycles. The third-order valence-electron chi connectivity index (χ3n) is 2.79. The van der Waals surface area contributed by atoms with E-state index in [0.29, 0.717) is 17.1 Å². The number of rotatable bonds is 5. The highest BCUT2D eigenvalue weighted by Gasteiger charge is 2.11. The first-order chi connectivity index (χ1) is 10.0. The van der Waals surface area contributed by atoms with Crippen LogP contribution in [0.25, 0.3) is 0 Å². The van der Waals surface area contributed by atoms with Crippen LogP contribution in [0.3, 0.4) is 0 Å². The van der Waals surface area contributed by atoms with Gasteiger partial charge in [0, 0.05) is 11.1 Å². The van der Waals surface area contributed by atoms with Crippen molar-refractivity contribution in [2.24, 2.45) is 0 Å². The molecule has 2 rings (SSSR count). The zero-order valence-corrected chi connectivity index (χ0v) is 12.5. The summed E-state index contributed by atoms with van der Waals surface area (Å²) in [7, 11) is 1.48. The SMILES string of the molecule is COc1ccc(C(=O)Cl)cc1OCc1ccc(F)cc1Cl. The molecule has 0 N–H and O–H groups in total. The molecule has 0 aliphatic carbocycles. The van der Waals surface area contributed by atoms with Crippen molar-refractivity contribution in [2.75, 3.05) is 7.11 Å². The Hall–Kier alpha value is -1.78. The van der Waals surface area contributed by atoms with Gasteiger partial charge in [0.1, 0.15) is 12.4 Å². The minimum absolute atomic E-state index is 0.107. The number of methoxy groups -OCH3 is 1. The fourth-order valence-corrected chi connectivity index (χ4v) is 2.05. The number of ether oxygens (including phenoxy) is 2. The van der Waals surface area contributed by atoms with Crippen molar-refractivity contribution >= 4 is 28.4 Å². The molecule has 110 valence electrons.